The lowest BCUT2D eigenvalue weighted by Crippen LogP contribution is -2.25. The predicted octanol–water partition coefficient (Wildman–Crippen LogP) is -0.00250. The van der Waals surface area contributed by atoms with Gasteiger partial charge in [-0.3, -0.25) is 4.79 Å². The molecule has 42 valence electrons. The van der Waals surface area contributed by atoms with Gasteiger partial charge in [-0.25, -0.2) is 0 Å². The first-order chi connectivity index (χ1) is 3.18. The second kappa shape index (κ2) is 2.49. The summed E-state index contributed by atoms with van der Waals surface area (Å²) >= 11 is 0. The molecule has 0 saturated heterocycles. The lowest BCUT2D eigenvalue weighted by Gasteiger charge is -1.91. The van der Waals surface area contributed by atoms with Crippen LogP contribution in [0.1, 0.15) is 0 Å². The maximum absolute atomic E-state index is 11.0. The van der Waals surface area contributed by atoms with Crippen molar-refractivity contribution in [1.82, 2.24) is 5.32 Å². The van der Waals surface area contributed by atoms with Gasteiger partial charge in [0.2, 0.25) is 0 Å². The molecular formula is C3H5F2NO. The molecule has 2 nitrogen and oxygen atoms in total. The highest BCUT2D eigenvalue weighted by molar-refractivity contribution is 5.78. The van der Waals surface area contributed by atoms with Crippen LogP contribution in [0, 0.1) is 0 Å². The van der Waals surface area contributed by atoms with Gasteiger partial charge in [-0.2, -0.15) is 8.78 Å². The van der Waals surface area contributed by atoms with Crippen LogP contribution in [0.25, 0.3) is 0 Å². The summed E-state index contributed by atoms with van der Waals surface area (Å²) in [5, 5.41) is 1.78. The molecule has 0 unspecified atom stereocenters. The van der Waals surface area contributed by atoms with E-state index in [0.717, 1.165) is 7.05 Å². The van der Waals surface area contributed by atoms with E-state index >= 15 is 0 Å². The number of nitrogens with one attached hydrogen (secondary N) is 1. The first-order valence-electron chi connectivity index (χ1n) is 1.68. The second-order valence-electron chi connectivity index (χ2n) is 0.915. The standard InChI is InChI=1S/C3H5F2NO/c1-6-3(7)2(4)5/h2H,1H3,(H,6,7). The van der Waals surface area contributed by atoms with Gasteiger partial charge < -0.3 is 5.32 Å². The molecular weight excluding hydrogens is 104 g/mol. The zero-order valence-corrected chi connectivity index (χ0v) is 3.74. The monoisotopic (exact) mass is 109 g/mol. The zero-order chi connectivity index (χ0) is 5.86. The van der Waals surface area contributed by atoms with Crippen LogP contribution in [0.5, 0.6) is 0 Å². The molecule has 0 radical (unpaired) electrons. The number of halogens is 2. The maximum atomic E-state index is 11.0. The van der Waals surface area contributed by atoms with Crippen molar-refractivity contribution < 1.29 is 13.6 Å². The Morgan fingerprint density at radius 1 is 1.71 bits per heavy atom. The summed E-state index contributed by atoms with van der Waals surface area (Å²) in [4.78, 5) is 9.65. The highest BCUT2D eigenvalue weighted by Crippen LogP contribution is 1.88. The fourth-order valence-electron chi connectivity index (χ4n) is 0.109. The van der Waals surface area contributed by atoms with Crippen LogP contribution in [0.15, 0.2) is 0 Å². The van der Waals surface area contributed by atoms with Gasteiger partial charge in [-0.1, -0.05) is 0 Å². The molecule has 0 aromatic carbocycles. The molecule has 0 saturated carbocycles. The SMILES string of the molecule is CNC(=O)C(F)F. The van der Waals surface area contributed by atoms with Gasteiger partial charge in [0.15, 0.2) is 0 Å². The van der Waals surface area contributed by atoms with E-state index in [2.05, 4.69) is 0 Å². The molecule has 0 heterocycles. The lowest BCUT2D eigenvalue weighted by atomic mass is 10.6. The van der Waals surface area contributed by atoms with Gasteiger partial charge in [0.1, 0.15) is 0 Å². The summed E-state index contributed by atoms with van der Waals surface area (Å²) in [5.74, 6) is -1.24. The molecule has 0 fully saturated rings. The van der Waals surface area contributed by atoms with E-state index in [4.69, 9.17) is 0 Å². The Hall–Kier alpha value is -0.670. The summed E-state index contributed by atoms with van der Waals surface area (Å²) in [6.45, 7) is 0. The van der Waals surface area contributed by atoms with Gasteiger partial charge in [0.05, 0.1) is 0 Å². The van der Waals surface area contributed by atoms with Crippen molar-refractivity contribution in [3.63, 3.8) is 0 Å². The van der Waals surface area contributed by atoms with Crippen molar-refractivity contribution in [2.45, 2.75) is 6.43 Å². The number of carbonyl (C=O) groups excluding carboxylic acids is 1. The Balaban J connectivity index is 3.35. The van der Waals surface area contributed by atoms with E-state index in [-0.39, 0.29) is 0 Å². The average Bonchev–Trinajstić information content (AvgIpc) is 1.65. The third kappa shape index (κ3) is 2.08. The van der Waals surface area contributed by atoms with Gasteiger partial charge in [-0.05, 0) is 0 Å². The summed E-state index contributed by atoms with van der Waals surface area (Å²) in [6.07, 6.45) is -2.88. The van der Waals surface area contributed by atoms with Crippen LogP contribution in [0.4, 0.5) is 8.78 Å². The predicted molar refractivity (Wildman–Crippen MR) is 20.1 cm³/mol. The maximum Gasteiger partial charge on any atom is 0.315 e. The highest BCUT2D eigenvalue weighted by Gasteiger charge is 2.10. The number of hydrogen-bond acceptors (Lipinski definition) is 1. The Kier molecular flexibility index (Phi) is 2.26. The molecule has 1 amide bonds. The topological polar surface area (TPSA) is 29.1 Å². The Labute approximate surface area is 39.5 Å². The van der Waals surface area contributed by atoms with E-state index in [1.54, 1.807) is 5.32 Å². The number of hydrogen-bond donors (Lipinski definition) is 1. The average molecular weight is 109 g/mol. The quantitative estimate of drug-likeness (QED) is 0.504. The van der Waals surface area contributed by atoms with E-state index in [1.165, 1.54) is 0 Å². The zero-order valence-electron chi connectivity index (χ0n) is 3.74. The van der Waals surface area contributed by atoms with Crippen molar-refractivity contribution in [2.75, 3.05) is 7.05 Å². The van der Waals surface area contributed by atoms with Crippen LogP contribution < -0.4 is 5.32 Å². The molecule has 0 aliphatic heterocycles. The van der Waals surface area contributed by atoms with Gasteiger partial charge in [0.25, 0.3) is 5.91 Å². The highest BCUT2D eigenvalue weighted by atomic mass is 19.3. The molecule has 0 aliphatic rings. The third-order valence-corrected chi connectivity index (χ3v) is 0.445. The summed E-state index contributed by atoms with van der Waals surface area (Å²) in [7, 11) is 1.16. The smallest absolute Gasteiger partial charge is 0.315 e. The molecule has 0 atom stereocenters. The molecule has 4 heteroatoms. The molecule has 7 heavy (non-hydrogen) atoms. The summed E-state index contributed by atoms with van der Waals surface area (Å²) in [6, 6.07) is 0. The largest absolute Gasteiger partial charge is 0.354 e. The molecule has 0 aromatic heterocycles. The first kappa shape index (κ1) is 6.33. The molecule has 0 spiro atoms. The second-order valence-corrected chi connectivity index (χ2v) is 0.915. The van der Waals surface area contributed by atoms with Crippen LogP contribution in [0.2, 0.25) is 0 Å². The minimum Gasteiger partial charge on any atom is -0.354 e. The molecule has 0 aromatic rings. The van der Waals surface area contributed by atoms with Gasteiger partial charge in [-0.15, -0.1) is 0 Å². The van der Waals surface area contributed by atoms with Crippen molar-refractivity contribution >= 4 is 5.91 Å². The Morgan fingerprint density at radius 3 is 2.14 bits per heavy atom. The molecule has 0 aliphatic carbocycles. The minimum atomic E-state index is -2.88. The summed E-state index contributed by atoms with van der Waals surface area (Å²) in [5.41, 5.74) is 0. The third-order valence-electron chi connectivity index (χ3n) is 0.445. The van der Waals surface area contributed by atoms with E-state index in [9.17, 15) is 13.6 Å². The van der Waals surface area contributed by atoms with Crippen LogP contribution >= 0.6 is 0 Å². The molecule has 0 rings (SSSR count). The first-order valence-corrected chi connectivity index (χ1v) is 1.68. The minimum absolute atomic E-state index is 1.16. The van der Waals surface area contributed by atoms with Crippen molar-refractivity contribution in [2.24, 2.45) is 0 Å². The Morgan fingerprint density at radius 2 is 2.14 bits per heavy atom. The number of amides is 1. The van der Waals surface area contributed by atoms with Crippen molar-refractivity contribution in [3.05, 3.63) is 0 Å². The van der Waals surface area contributed by atoms with E-state index < -0.39 is 12.3 Å². The number of rotatable bonds is 1. The van der Waals surface area contributed by atoms with Crippen LogP contribution in [-0.4, -0.2) is 19.4 Å². The van der Waals surface area contributed by atoms with Crippen molar-refractivity contribution in [1.29, 1.82) is 0 Å². The van der Waals surface area contributed by atoms with E-state index in [0.29, 0.717) is 0 Å². The summed E-state index contributed by atoms with van der Waals surface area (Å²) < 4.78 is 22.0. The number of alkyl halides is 2. The molecule has 1 N–H and O–H groups in total. The fourth-order valence-corrected chi connectivity index (χ4v) is 0.109. The Bertz CT molecular complexity index is 73.3. The molecule has 0 bridgehead atoms. The van der Waals surface area contributed by atoms with Gasteiger partial charge in [0, 0.05) is 7.05 Å². The fraction of sp³-hybridized carbons (Fsp3) is 0.667. The normalized spacial score (nSPS) is 9.14. The van der Waals surface area contributed by atoms with Crippen LogP contribution in [-0.2, 0) is 4.79 Å². The van der Waals surface area contributed by atoms with Crippen LogP contribution in [0.3, 0.4) is 0 Å². The van der Waals surface area contributed by atoms with Crippen molar-refractivity contribution in [3.8, 4) is 0 Å². The van der Waals surface area contributed by atoms with E-state index in [1.807, 2.05) is 0 Å². The number of carbonyl (C=O) groups is 1. The lowest BCUT2D eigenvalue weighted by molar-refractivity contribution is -0.131. The van der Waals surface area contributed by atoms with Gasteiger partial charge >= 0.3 is 6.43 Å².